The molecule has 1 fully saturated rings. The monoisotopic (exact) mass is 226 g/mol. The lowest BCUT2D eigenvalue weighted by atomic mass is 9.67. The molecule has 0 aliphatic heterocycles. The van der Waals surface area contributed by atoms with Gasteiger partial charge in [-0.3, -0.25) is 4.90 Å². The van der Waals surface area contributed by atoms with Gasteiger partial charge < -0.3 is 5.73 Å². The van der Waals surface area contributed by atoms with E-state index < -0.39 is 0 Å². The van der Waals surface area contributed by atoms with Gasteiger partial charge in [0.25, 0.3) is 0 Å². The van der Waals surface area contributed by atoms with E-state index >= 15 is 0 Å². The van der Waals surface area contributed by atoms with Crippen LogP contribution in [0.5, 0.6) is 0 Å². The van der Waals surface area contributed by atoms with Crippen molar-refractivity contribution in [2.75, 3.05) is 19.6 Å². The summed E-state index contributed by atoms with van der Waals surface area (Å²) in [5, 5.41) is 0. The molecule has 2 unspecified atom stereocenters. The Morgan fingerprint density at radius 1 is 1.25 bits per heavy atom. The van der Waals surface area contributed by atoms with E-state index in [0.29, 0.717) is 0 Å². The van der Waals surface area contributed by atoms with E-state index in [9.17, 15) is 0 Å². The van der Waals surface area contributed by atoms with Crippen molar-refractivity contribution in [2.24, 2.45) is 17.6 Å². The summed E-state index contributed by atoms with van der Waals surface area (Å²) >= 11 is 0. The van der Waals surface area contributed by atoms with Crippen LogP contribution in [0.4, 0.5) is 0 Å². The second-order valence-electron chi connectivity index (χ2n) is 5.58. The molecule has 0 aromatic rings. The molecule has 0 radical (unpaired) electrons. The molecule has 0 heterocycles. The third-order valence-corrected chi connectivity index (χ3v) is 4.62. The molecule has 1 aliphatic carbocycles. The average Bonchev–Trinajstić information content (AvgIpc) is 2.30. The lowest BCUT2D eigenvalue weighted by Gasteiger charge is -2.52. The molecule has 96 valence electrons. The van der Waals surface area contributed by atoms with Crippen LogP contribution in [0.1, 0.15) is 53.4 Å². The largest absolute Gasteiger partial charge is 0.329 e. The van der Waals surface area contributed by atoms with E-state index in [-0.39, 0.29) is 5.54 Å². The molecule has 0 amide bonds. The first-order valence-corrected chi connectivity index (χ1v) is 7.07. The highest BCUT2D eigenvalue weighted by Gasteiger charge is 2.44. The molecule has 1 saturated carbocycles. The van der Waals surface area contributed by atoms with Gasteiger partial charge in [0, 0.05) is 12.1 Å². The van der Waals surface area contributed by atoms with Gasteiger partial charge in [0.1, 0.15) is 0 Å². The Bertz CT molecular complexity index is 199. The van der Waals surface area contributed by atoms with Gasteiger partial charge in [-0.15, -0.1) is 0 Å². The van der Waals surface area contributed by atoms with Gasteiger partial charge in [0.2, 0.25) is 0 Å². The van der Waals surface area contributed by atoms with Crippen LogP contribution >= 0.6 is 0 Å². The molecule has 2 N–H and O–H groups in total. The van der Waals surface area contributed by atoms with E-state index in [2.05, 4.69) is 32.6 Å². The zero-order valence-electron chi connectivity index (χ0n) is 11.6. The number of hydrogen-bond acceptors (Lipinski definition) is 2. The van der Waals surface area contributed by atoms with Crippen LogP contribution < -0.4 is 5.73 Å². The van der Waals surface area contributed by atoms with Crippen LogP contribution in [0.2, 0.25) is 0 Å². The summed E-state index contributed by atoms with van der Waals surface area (Å²) in [7, 11) is 0. The van der Waals surface area contributed by atoms with Crippen molar-refractivity contribution in [1.29, 1.82) is 0 Å². The summed E-state index contributed by atoms with van der Waals surface area (Å²) in [4.78, 5) is 2.62. The van der Waals surface area contributed by atoms with Gasteiger partial charge in [0.15, 0.2) is 0 Å². The topological polar surface area (TPSA) is 29.3 Å². The summed E-state index contributed by atoms with van der Waals surface area (Å²) in [6, 6.07) is 0. The fourth-order valence-corrected chi connectivity index (χ4v) is 3.83. The number of rotatable bonds is 5. The molecule has 1 rings (SSSR count). The van der Waals surface area contributed by atoms with Gasteiger partial charge >= 0.3 is 0 Å². The third-order valence-electron chi connectivity index (χ3n) is 4.62. The minimum absolute atomic E-state index is 0.288. The summed E-state index contributed by atoms with van der Waals surface area (Å²) in [5.74, 6) is 1.54. The Hall–Kier alpha value is -0.0800. The minimum Gasteiger partial charge on any atom is -0.329 e. The summed E-state index contributed by atoms with van der Waals surface area (Å²) < 4.78 is 0. The second-order valence-corrected chi connectivity index (χ2v) is 5.58. The minimum atomic E-state index is 0.288. The molecule has 0 spiro atoms. The summed E-state index contributed by atoms with van der Waals surface area (Å²) in [6.07, 6.45) is 5.42. The quantitative estimate of drug-likeness (QED) is 0.781. The highest BCUT2D eigenvalue weighted by atomic mass is 15.2. The van der Waals surface area contributed by atoms with Gasteiger partial charge in [-0.25, -0.2) is 0 Å². The second kappa shape index (κ2) is 6.02. The molecule has 16 heavy (non-hydrogen) atoms. The molecule has 1 aliphatic rings. The van der Waals surface area contributed by atoms with E-state index in [1.54, 1.807) is 0 Å². The van der Waals surface area contributed by atoms with Crippen LogP contribution in [0.3, 0.4) is 0 Å². The molecular formula is C14H30N2. The maximum absolute atomic E-state index is 6.18. The first-order valence-electron chi connectivity index (χ1n) is 7.07. The van der Waals surface area contributed by atoms with Crippen molar-refractivity contribution in [3.05, 3.63) is 0 Å². The van der Waals surface area contributed by atoms with E-state index in [1.807, 2.05) is 0 Å². The van der Waals surface area contributed by atoms with E-state index in [0.717, 1.165) is 31.5 Å². The average molecular weight is 226 g/mol. The Morgan fingerprint density at radius 2 is 1.88 bits per heavy atom. The van der Waals surface area contributed by atoms with Crippen LogP contribution in [-0.4, -0.2) is 30.1 Å². The predicted molar refractivity (Wildman–Crippen MR) is 71.5 cm³/mol. The molecule has 0 saturated heterocycles. The van der Waals surface area contributed by atoms with Crippen LogP contribution in [0.15, 0.2) is 0 Å². The van der Waals surface area contributed by atoms with Gasteiger partial charge in [-0.1, -0.05) is 40.5 Å². The fraction of sp³-hybridized carbons (Fsp3) is 1.00. The van der Waals surface area contributed by atoms with Crippen molar-refractivity contribution in [3.63, 3.8) is 0 Å². The lowest BCUT2D eigenvalue weighted by Crippen LogP contribution is -2.61. The molecule has 2 atom stereocenters. The Morgan fingerprint density at radius 3 is 2.31 bits per heavy atom. The smallest absolute Gasteiger partial charge is 0.0362 e. The first-order chi connectivity index (χ1) is 7.62. The lowest BCUT2D eigenvalue weighted by molar-refractivity contribution is -0.00743. The van der Waals surface area contributed by atoms with Crippen molar-refractivity contribution >= 4 is 0 Å². The van der Waals surface area contributed by atoms with Crippen LogP contribution in [0.25, 0.3) is 0 Å². The van der Waals surface area contributed by atoms with Gasteiger partial charge in [-0.05, 0) is 37.8 Å². The Balaban J connectivity index is 2.95. The van der Waals surface area contributed by atoms with Gasteiger partial charge in [0.05, 0.1) is 0 Å². The summed E-state index contributed by atoms with van der Waals surface area (Å²) in [5.41, 5.74) is 6.46. The fourth-order valence-electron chi connectivity index (χ4n) is 3.83. The van der Waals surface area contributed by atoms with Crippen molar-refractivity contribution < 1.29 is 0 Å². The van der Waals surface area contributed by atoms with Gasteiger partial charge in [-0.2, -0.15) is 0 Å². The first kappa shape index (κ1) is 14.0. The highest BCUT2D eigenvalue weighted by Crippen LogP contribution is 2.41. The Kier molecular flexibility index (Phi) is 5.26. The molecule has 0 bridgehead atoms. The van der Waals surface area contributed by atoms with Crippen molar-refractivity contribution in [1.82, 2.24) is 4.90 Å². The standard InChI is InChI=1S/C14H30N2/c1-5-16(6-2)14(11-15)10-8-7-9-13(14)12(3)4/h12-13H,5-11,15H2,1-4H3. The summed E-state index contributed by atoms with van der Waals surface area (Å²) in [6.45, 7) is 12.4. The van der Waals surface area contributed by atoms with E-state index in [4.69, 9.17) is 5.73 Å². The zero-order chi connectivity index (χ0) is 12.2. The van der Waals surface area contributed by atoms with Crippen LogP contribution in [0, 0.1) is 11.8 Å². The molecule has 0 aromatic heterocycles. The van der Waals surface area contributed by atoms with Crippen molar-refractivity contribution in [2.45, 2.75) is 58.9 Å². The van der Waals surface area contributed by atoms with Crippen molar-refractivity contribution in [3.8, 4) is 0 Å². The molecule has 2 nitrogen and oxygen atoms in total. The number of hydrogen-bond donors (Lipinski definition) is 1. The third kappa shape index (κ3) is 2.43. The number of likely N-dealkylation sites (N-methyl/N-ethyl adjacent to an activating group) is 1. The van der Waals surface area contributed by atoms with E-state index in [1.165, 1.54) is 25.7 Å². The maximum Gasteiger partial charge on any atom is 0.0362 e. The molecule has 2 heteroatoms. The normalized spacial score (nSPS) is 31.3. The molecular weight excluding hydrogens is 196 g/mol. The predicted octanol–water partition coefficient (Wildman–Crippen LogP) is 2.87. The SMILES string of the molecule is CCN(CC)C1(CN)CCCCC1C(C)C. The number of nitrogens with two attached hydrogens (primary N) is 1. The Labute approximate surface area is 102 Å². The van der Waals surface area contributed by atoms with Crippen LogP contribution in [-0.2, 0) is 0 Å². The zero-order valence-corrected chi connectivity index (χ0v) is 11.6. The molecule has 0 aromatic carbocycles. The maximum atomic E-state index is 6.18. The highest BCUT2D eigenvalue weighted by molar-refractivity contribution is 5.00. The number of nitrogens with zero attached hydrogens (tertiary/aromatic N) is 1.